The van der Waals surface area contributed by atoms with Crippen LogP contribution in [0.2, 0.25) is 0 Å². The minimum Gasteiger partial charge on any atom is -0.366 e. The molecule has 0 aromatic heterocycles. The van der Waals surface area contributed by atoms with E-state index in [9.17, 15) is 4.79 Å². The number of benzene rings is 1. The molecule has 0 saturated carbocycles. The number of hydrogen-bond donors (Lipinski definition) is 1. The Morgan fingerprint density at radius 2 is 1.94 bits per heavy atom. The highest BCUT2D eigenvalue weighted by Crippen LogP contribution is 2.10. The van der Waals surface area contributed by atoms with Gasteiger partial charge >= 0.3 is 0 Å². The maximum absolute atomic E-state index is 11.5. The number of nitrogens with zero attached hydrogens (tertiary/aromatic N) is 1. The second kappa shape index (κ2) is 5.46. The van der Waals surface area contributed by atoms with Crippen LogP contribution in [0.3, 0.4) is 0 Å². The molecular formula is C13H16N2O2. The van der Waals surface area contributed by atoms with E-state index in [1.807, 2.05) is 26.8 Å². The molecule has 0 saturated heterocycles. The Hall–Kier alpha value is -1.86. The number of nitriles is 1. The van der Waals surface area contributed by atoms with Gasteiger partial charge in [-0.3, -0.25) is 4.79 Å². The predicted molar refractivity (Wildman–Crippen MR) is 65.5 cm³/mol. The normalized spacial score (nSPS) is 10.7. The van der Waals surface area contributed by atoms with Gasteiger partial charge in [-0.1, -0.05) is 0 Å². The zero-order valence-corrected chi connectivity index (χ0v) is 10.3. The predicted octanol–water partition coefficient (Wildman–Crippen LogP) is 2.31. The second-order valence-electron chi connectivity index (χ2n) is 4.64. The second-order valence-corrected chi connectivity index (χ2v) is 4.64. The van der Waals surface area contributed by atoms with Gasteiger partial charge in [0.1, 0.15) is 6.61 Å². The van der Waals surface area contributed by atoms with E-state index in [0.717, 1.165) is 0 Å². The summed E-state index contributed by atoms with van der Waals surface area (Å²) >= 11 is 0. The lowest BCUT2D eigenvalue weighted by Gasteiger charge is -2.18. The Kier molecular flexibility index (Phi) is 4.24. The molecule has 0 aliphatic rings. The van der Waals surface area contributed by atoms with Crippen LogP contribution < -0.4 is 5.32 Å². The van der Waals surface area contributed by atoms with E-state index in [4.69, 9.17) is 10.00 Å². The molecule has 1 aromatic carbocycles. The third kappa shape index (κ3) is 5.14. The quantitative estimate of drug-likeness (QED) is 0.869. The van der Waals surface area contributed by atoms with Crippen molar-refractivity contribution in [2.75, 3.05) is 11.9 Å². The average molecular weight is 232 g/mol. The number of ether oxygens (including phenoxy) is 1. The van der Waals surface area contributed by atoms with Gasteiger partial charge in [0, 0.05) is 5.69 Å². The molecule has 0 aliphatic heterocycles. The van der Waals surface area contributed by atoms with Crippen molar-refractivity contribution in [3.05, 3.63) is 29.8 Å². The molecule has 4 heteroatoms. The Labute approximate surface area is 101 Å². The standard InChI is InChI=1S/C13H16N2O2/c1-13(2,3)17-9-12(16)15-11-6-4-10(8-14)5-7-11/h4-7H,9H2,1-3H3,(H,15,16). The van der Waals surface area contributed by atoms with Crippen LogP contribution >= 0.6 is 0 Å². The first-order valence-corrected chi connectivity index (χ1v) is 5.35. The summed E-state index contributed by atoms with van der Waals surface area (Å²) in [6, 6.07) is 8.70. The van der Waals surface area contributed by atoms with Gasteiger partial charge in [0.2, 0.25) is 5.91 Å². The van der Waals surface area contributed by atoms with Crippen LogP contribution in [0.25, 0.3) is 0 Å². The van der Waals surface area contributed by atoms with Crippen molar-refractivity contribution in [2.24, 2.45) is 0 Å². The van der Waals surface area contributed by atoms with Crippen LogP contribution in [0.15, 0.2) is 24.3 Å². The number of carbonyl (C=O) groups is 1. The topological polar surface area (TPSA) is 62.1 Å². The lowest BCUT2D eigenvalue weighted by atomic mass is 10.2. The smallest absolute Gasteiger partial charge is 0.250 e. The Balaban J connectivity index is 2.48. The number of carbonyl (C=O) groups excluding carboxylic acids is 1. The van der Waals surface area contributed by atoms with Crippen molar-refractivity contribution in [3.63, 3.8) is 0 Å². The minimum absolute atomic E-state index is 0.0174. The summed E-state index contributed by atoms with van der Waals surface area (Å²) < 4.78 is 5.34. The van der Waals surface area contributed by atoms with Gasteiger partial charge in [0.05, 0.1) is 17.2 Å². The van der Waals surface area contributed by atoms with Crippen LogP contribution in [0, 0.1) is 11.3 Å². The van der Waals surface area contributed by atoms with E-state index in [0.29, 0.717) is 11.3 Å². The van der Waals surface area contributed by atoms with E-state index in [1.54, 1.807) is 24.3 Å². The van der Waals surface area contributed by atoms with Crippen LogP contribution in [0.1, 0.15) is 26.3 Å². The number of anilines is 1. The Morgan fingerprint density at radius 1 is 1.35 bits per heavy atom. The van der Waals surface area contributed by atoms with Crippen molar-refractivity contribution in [3.8, 4) is 6.07 Å². The SMILES string of the molecule is CC(C)(C)OCC(=O)Nc1ccc(C#N)cc1. The molecule has 0 fully saturated rings. The third-order valence-electron chi connectivity index (χ3n) is 1.93. The van der Waals surface area contributed by atoms with Gasteiger partial charge in [0.25, 0.3) is 0 Å². The van der Waals surface area contributed by atoms with Crippen molar-refractivity contribution in [1.82, 2.24) is 0 Å². The van der Waals surface area contributed by atoms with Crippen LogP contribution in [0.4, 0.5) is 5.69 Å². The van der Waals surface area contributed by atoms with Crippen molar-refractivity contribution in [2.45, 2.75) is 26.4 Å². The fourth-order valence-corrected chi connectivity index (χ4v) is 1.11. The van der Waals surface area contributed by atoms with Crippen molar-refractivity contribution >= 4 is 11.6 Å². The molecule has 0 bridgehead atoms. The van der Waals surface area contributed by atoms with Crippen LogP contribution in [-0.4, -0.2) is 18.1 Å². The van der Waals surface area contributed by atoms with E-state index in [1.165, 1.54) is 0 Å². The fourth-order valence-electron chi connectivity index (χ4n) is 1.11. The van der Waals surface area contributed by atoms with Gasteiger partial charge in [-0.05, 0) is 45.0 Å². The monoisotopic (exact) mass is 232 g/mol. The van der Waals surface area contributed by atoms with Gasteiger partial charge in [-0.15, -0.1) is 0 Å². The maximum Gasteiger partial charge on any atom is 0.250 e. The molecule has 90 valence electrons. The summed E-state index contributed by atoms with van der Waals surface area (Å²) in [5.74, 6) is -0.204. The zero-order chi connectivity index (χ0) is 12.9. The summed E-state index contributed by atoms with van der Waals surface area (Å²) in [4.78, 5) is 11.5. The molecule has 4 nitrogen and oxygen atoms in total. The van der Waals surface area contributed by atoms with Gasteiger partial charge < -0.3 is 10.1 Å². The van der Waals surface area contributed by atoms with Gasteiger partial charge in [-0.25, -0.2) is 0 Å². The van der Waals surface area contributed by atoms with Crippen molar-refractivity contribution < 1.29 is 9.53 Å². The van der Waals surface area contributed by atoms with E-state index < -0.39 is 0 Å². The van der Waals surface area contributed by atoms with E-state index in [-0.39, 0.29) is 18.1 Å². The first-order valence-electron chi connectivity index (χ1n) is 5.35. The molecule has 1 rings (SSSR count). The zero-order valence-electron chi connectivity index (χ0n) is 10.3. The minimum atomic E-state index is -0.331. The molecule has 0 aliphatic carbocycles. The number of hydrogen-bond acceptors (Lipinski definition) is 3. The first kappa shape index (κ1) is 13.2. The van der Waals surface area contributed by atoms with Gasteiger partial charge in [0.15, 0.2) is 0 Å². The molecule has 1 amide bonds. The molecule has 1 N–H and O–H groups in total. The third-order valence-corrected chi connectivity index (χ3v) is 1.93. The molecule has 0 unspecified atom stereocenters. The lowest BCUT2D eigenvalue weighted by Crippen LogP contribution is -2.27. The highest BCUT2D eigenvalue weighted by atomic mass is 16.5. The summed E-state index contributed by atoms with van der Waals surface area (Å²) in [5, 5.41) is 11.3. The molecular weight excluding hydrogens is 216 g/mol. The number of amides is 1. The van der Waals surface area contributed by atoms with Crippen LogP contribution in [-0.2, 0) is 9.53 Å². The molecule has 0 atom stereocenters. The number of nitrogens with one attached hydrogen (secondary N) is 1. The summed E-state index contributed by atoms with van der Waals surface area (Å²) in [5.41, 5.74) is 0.891. The largest absolute Gasteiger partial charge is 0.366 e. The van der Waals surface area contributed by atoms with Crippen molar-refractivity contribution in [1.29, 1.82) is 5.26 Å². The molecule has 17 heavy (non-hydrogen) atoms. The van der Waals surface area contributed by atoms with E-state index in [2.05, 4.69) is 5.32 Å². The first-order chi connectivity index (χ1) is 7.90. The lowest BCUT2D eigenvalue weighted by molar-refractivity contribution is -0.125. The highest BCUT2D eigenvalue weighted by molar-refractivity contribution is 5.91. The maximum atomic E-state index is 11.5. The van der Waals surface area contributed by atoms with E-state index >= 15 is 0 Å². The summed E-state index contributed by atoms with van der Waals surface area (Å²) in [7, 11) is 0. The molecule has 0 radical (unpaired) electrons. The van der Waals surface area contributed by atoms with Gasteiger partial charge in [-0.2, -0.15) is 5.26 Å². The fraction of sp³-hybridized carbons (Fsp3) is 0.385. The number of rotatable bonds is 3. The molecule has 0 heterocycles. The summed E-state index contributed by atoms with van der Waals surface area (Å²) in [6.07, 6.45) is 0. The highest BCUT2D eigenvalue weighted by Gasteiger charge is 2.12. The van der Waals surface area contributed by atoms with Crippen LogP contribution in [0.5, 0.6) is 0 Å². The molecule has 0 spiro atoms. The molecule has 1 aromatic rings. The Morgan fingerprint density at radius 3 is 2.41 bits per heavy atom. The average Bonchev–Trinajstić information content (AvgIpc) is 2.27. The Bertz CT molecular complexity index is 424. The summed E-state index contributed by atoms with van der Waals surface area (Å²) in [6.45, 7) is 5.69.